The van der Waals surface area contributed by atoms with Gasteiger partial charge in [-0.05, 0) is 34.6 Å². The van der Waals surface area contributed by atoms with Gasteiger partial charge < -0.3 is 15.5 Å². The van der Waals surface area contributed by atoms with Gasteiger partial charge in [-0.2, -0.15) is 0 Å². The van der Waals surface area contributed by atoms with Gasteiger partial charge in [0.25, 0.3) is 0 Å². The second-order valence-corrected chi connectivity index (χ2v) is 7.12. The van der Waals surface area contributed by atoms with E-state index in [1.54, 1.807) is 0 Å². The molecule has 0 spiro atoms. The van der Waals surface area contributed by atoms with Crippen molar-refractivity contribution in [3.8, 4) is 11.1 Å². The standard InChI is InChI=1S/C21H23NO4/c1-12(2)11-17(23)20(24)22-19(21(25)26)18-15-9-5-3-7-13(15)14-8-4-6-10-16(14)18/h3-10,12,17-19,23H,11H2,1-2H3,(H,22,24)(H,25,26)/t17-,19+/m0/s1. The molecule has 2 aromatic carbocycles. The van der Waals surface area contributed by atoms with Gasteiger partial charge in [-0.25, -0.2) is 4.79 Å². The summed E-state index contributed by atoms with van der Waals surface area (Å²) < 4.78 is 0. The zero-order valence-corrected chi connectivity index (χ0v) is 14.8. The predicted octanol–water partition coefficient (Wildman–Crippen LogP) is 2.78. The zero-order valence-electron chi connectivity index (χ0n) is 14.8. The van der Waals surface area contributed by atoms with Gasteiger partial charge in [0.05, 0.1) is 0 Å². The molecule has 0 saturated heterocycles. The predicted molar refractivity (Wildman–Crippen MR) is 98.7 cm³/mol. The fraction of sp³-hybridized carbons (Fsp3) is 0.333. The van der Waals surface area contributed by atoms with E-state index >= 15 is 0 Å². The summed E-state index contributed by atoms with van der Waals surface area (Å²) in [6.45, 7) is 3.79. The molecule has 0 heterocycles. The van der Waals surface area contributed by atoms with E-state index in [9.17, 15) is 19.8 Å². The third-order valence-corrected chi connectivity index (χ3v) is 4.78. The van der Waals surface area contributed by atoms with Crippen molar-refractivity contribution in [3.63, 3.8) is 0 Å². The average Bonchev–Trinajstić information content (AvgIpc) is 2.93. The van der Waals surface area contributed by atoms with Crippen LogP contribution >= 0.6 is 0 Å². The van der Waals surface area contributed by atoms with E-state index in [1.165, 1.54) is 0 Å². The molecule has 0 radical (unpaired) electrons. The number of aliphatic hydroxyl groups excluding tert-OH is 1. The Labute approximate surface area is 152 Å². The number of rotatable bonds is 6. The lowest BCUT2D eigenvalue weighted by atomic mass is 9.89. The van der Waals surface area contributed by atoms with Crippen LogP contribution in [0.3, 0.4) is 0 Å². The van der Waals surface area contributed by atoms with Crippen molar-refractivity contribution in [1.82, 2.24) is 5.32 Å². The number of amides is 1. The number of aliphatic carboxylic acids is 1. The number of aliphatic hydroxyl groups is 1. The van der Waals surface area contributed by atoms with E-state index in [0.29, 0.717) is 0 Å². The van der Waals surface area contributed by atoms with Crippen molar-refractivity contribution in [1.29, 1.82) is 0 Å². The highest BCUT2D eigenvalue weighted by Gasteiger charge is 2.39. The van der Waals surface area contributed by atoms with Crippen LogP contribution in [0.4, 0.5) is 0 Å². The lowest BCUT2D eigenvalue weighted by molar-refractivity contribution is -0.144. The quantitative estimate of drug-likeness (QED) is 0.745. The lowest BCUT2D eigenvalue weighted by Gasteiger charge is -2.24. The van der Waals surface area contributed by atoms with Gasteiger partial charge in [0.15, 0.2) is 0 Å². The molecule has 0 bridgehead atoms. The molecule has 3 N–H and O–H groups in total. The highest BCUT2D eigenvalue weighted by molar-refractivity contribution is 5.90. The normalized spacial score (nSPS) is 15.2. The number of hydrogen-bond acceptors (Lipinski definition) is 3. The van der Waals surface area contributed by atoms with Gasteiger partial charge in [-0.3, -0.25) is 4.79 Å². The van der Waals surface area contributed by atoms with Gasteiger partial charge in [-0.15, -0.1) is 0 Å². The monoisotopic (exact) mass is 353 g/mol. The summed E-state index contributed by atoms with van der Waals surface area (Å²) in [7, 11) is 0. The Bertz CT molecular complexity index is 785. The van der Waals surface area contributed by atoms with E-state index in [4.69, 9.17) is 0 Å². The first-order valence-corrected chi connectivity index (χ1v) is 8.79. The second kappa shape index (κ2) is 7.30. The molecule has 0 aliphatic heterocycles. The van der Waals surface area contributed by atoms with Crippen LogP contribution in [0.1, 0.15) is 37.3 Å². The van der Waals surface area contributed by atoms with E-state index in [-0.39, 0.29) is 12.3 Å². The van der Waals surface area contributed by atoms with E-state index in [1.807, 2.05) is 62.4 Å². The highest BCUT2D eigenvalue weighted by Crippen LogP contribution is 2.46. The maximum Gasteiger partial charge on any atom is 0.327 e. The molecule has 0 saturated carbocycles. The van der Waals surface area contributed by atoms with Crippen molar-refractivity contribution in [2.24, 2.45) is 5.92 Å². The number of carbonyl (C=O) groups is 2. The van der Waals surface area contributed by atoms with Crippen LogP contribution in [0, 0.1) is 5.92 Å². The second-order valence-electron chi connectivity index (χ2n) is 7.12. The van der Waals surface area contributed by atoms with Crippen LogP contribution in [-0.4, -0.2) is 34.2 Å². The first kappa shape index (κ1) is 18.1. The van der Waals surface area contributed by atoms with Crippen LogP contribution in [0.5, 0.6) is 0 Å². The van der Waals surface area contributed by atoms with Crippen molar-refractivity contribution >= 4 is 11.9 Å². The summed E-state index contributed by atoms with van der Waals surface area (Å²) >= 11 is 0. The molecule has 26 heavy (non-hydrogen) atoms. The fourth-order valence-corrected chi connectivity index (χ4v) is 3.64. The molecule has 5 nitrogen and oxygen atoms in total. The Balaban J connectivity index is 1.96. The molecule has 1 aliphatic carbocycles. The minimum Gasteiger partial charge on any atom is -0.480 e. The maximum absolute atomic E-state index is 12.3. The van der Waals surface area contributed by atoms with E-state index in [0.717, 1.165) is 22.3 Å². The van der Waals surface area contributed by atoms with Gasteiger partial charge in [0.2, 0.25) is 5.91 Å². The number of nitrogens with one attached hydrogen (secondary N) is 1. The minimum absolute atomic E-state index is 0.131. The third kappa shape index (κ3) is 3.35. The van der Waals surface area contributed by atoms with Gasteiger partial charge >= 0.3 is 5.97 Å². The molecule has 3 rings (SSSR count). The Morgan fingerprint density at radius 2 is 1.50 bits per heavy atom. The summed E-state index contributed by atoms with van der Waals surface area (Å²) in [5.41, 5.74) is 3.71. The van der Waals surface area contributed by atoms with Crippen LogP contribution in [-0.2, 0) is 9.59 Å². The number of fused-ring (bicyclic) bond motifs is 3. The molecule has 2 aromatic rings. The molecule has 5 heteroatoms. The van der Waals surface area contributed by atoms with Crippen molar-refractivity contribution in [3.05, 3.63) is 59.7 Å². The number of hydrogen-bond donors (Lipinski definition) is 3. The smallest absolute Gasteiger partial charge is 0.327 e. The fourth-order valence-electron chi connectivity index (χ4n) is 3.64. The Morgan fingerprint density at radius 1 is 1.00 bits per heavy atom. The summed E-state index contributed by atoms with van der Waals surface area (Å²) in [6.07, 6.45) is -0.931. The molecular formula is C21H23NO4. The summed E-state index contributed by atoms with van der Waals surface area (Å²) in [4.78, 5) is 24.3. The Kier molecular flexibility index (Phi) is 5.09. The van der Waals surface area contributed by atoms with Crippen LogP contribution < -0.4 is 5.32 Å². The lowest BCUT2D eigenvalue weighted by Crippen LogP contribution is -2.48. The third-order valence-electron chi connectivity index (χ3n) is 4.78. The number of carboxylic acids is 1. The van der Waals surface area contributed by atoms with Gasteiger partial charge in [0, 0.05) is 5.92 Å². The summed E-state index contributed by atoms with van der Waals surface area (Å²) in [5, 5.41) is 22.4. The molecule has 136 valence electrons. The van der Waals surface area contributed by atoms with Crippen LogP contribution in [0.15, 0.2) is 48.5 Å². The zero-order chi connectivity index (χ0) is 18.8. The number of carbonyl (C=O) groups excluding carboxylic acids is 1. The van der Waals surface area contributed by atoms with Gasteiger partial charge in [-0.1, -0.05) is 62.4 Å². The summed E-state index contributed by atoms with van der Waals surface area (Å²) in [5.74, 6) is -2.12. The molecular weight excluding hydrogens is 330 g/mol. The Hall–Kier alpha value is -2.66. The van der Waals surface area contributed by atoms with E-state index < -0.39 is 29.9 Å². The molecule has 0 aromatic heterocycles. The largest absolute Gasteiger partial charge is 0.480 e. The molecule has 0 fully saturated rings. The van der Waals surface area contributed by atoms with Crippen molar-refractivity contribution in [2.75, 3.05) is 0 Å². The molecule has 1 amide bonds. The molecule has 0 unspecified atom stereocenters. The molecule has 2 atom stereocenters. The van der Waals surface area contributed by atoms with Crippen molar-refractivity contribution in [2.45, 2.75) is 38.3 Å². The number of benzene rings is 2. The molecule has 1 aliphatic rings. The topological polar surface area (TPSA) is 86.6 Å². The van der Waals surface area contributed by atoms with Crippen molar-refractivity contribution < 1.29 is 19.8 Å². The average molecular weight is 353 g/mol. The first-order valence-electron chi connectivity index (χ1n) is 8.79. The maximum atomic E-state index is 12.3. The summed E-state index contributed by atoms with van der Waals surface area (Å²) in [6, 6.07) is 14.1. The number of carboxylic acid groups (broad SMARTS) is 1. The van der Waals surface area contributed by atoms with Gasteiger partial charge in [0.1, 0.15) is 12.1 Å². The highest BCUT2D eigenvalue weighted by atomic mass is 16.4. The minimum atomic E-state index is -1.22. The van der Waals surface area contributed by atoms with E-state index in [2.05, 4.69) is 5.32 Å². The van der Waals surface area contributed by atoms with Crippen LogP contribution in [0.25, 0.3) is 11.1 Å². The van der Waals surface area contributed by atoms with Crippen LogP contribution in [0.2, 0.25) is 0 Å². The SMILES string of the molecule is CC(C)C[C@H](O)C(=O)N[C@@H](C(=O)O)C1c2ccccc2-c2ccccc21. The first-order chi connectivity index (χ1) is 12.4. The Morgan fingerprint density at radius 3 is 1.96 bits per heavy atom.